The fourth-order valence-electron chi connectivity index (χ4n) is 2.42. The zero-order valence-electron chi connectivity index (χ0n) is 10.6. The van der Waals surface area contributed by atoms with Crippen molar-refractivity contribution in [2.45, 2.75) is 44.0 Å². The molecule has 2 atom stereocenters. The number of sulfonamides is 1. The van der Waals surface area contributed by atoms with Gasteiger partial charge >= 0.3 is 0 Å². The zero-order valence-corrected chi connectivity index (χ0v) is 12.2. The minimum atomic E-state index is -3.50. The summed E-state index contributed by atoms with van der Waals surface area (Å²) < 4.78 is 27.2. The molecule has 100 valence electrons. The lowest BCUT2D eigenvalue weighted by Crippen LogP contribution is -2.33. The Morgan fingerprint density at radius 2 is 2.06 bits per heavy atom. The van der Waals surface area contributed by atoms with E-state index in [2.05, 4.69) is 11.6 Å². The molecule has 1 fully saturated rings. The smallest absolute Gasteiger partial charge is 0.208 e. The summed E-state index contributed by atoms with van der Waals surface area (Å²) in [7, 11) is -3.50. The van der Waals surface area contributed by atoms with Gasteiger partial charge in [-0.15, -0.1) is 0 Å². The van der Waals surface area contributed by atoms with Gasteiger partial charge in [-0.3, -0.25) is 0 Å². The molecule has 1 aromatic rings. The summed E-state index contributed by atoms with van der Waals surface area (Å²) in [5.74, 6) is 0.589. The van der Waals surface area contributed by atoms with Crippen LogP contribution in [0.2, 0.25) is 5.02 Å². The van der Waals surface area contributed by atoms with E-state index in [0.29, 0.717) is 5.92 Å². The summed E-state index contributed by atoms with van der Waals surface area (Å²) in [5.41, 5.74) is 0.952. The predicted octanol–water partition coefficient (Wildman–Crippen LogP) is 3.12. The van der Waals surface area contributed by atoms with Gasteiger partial charge in [-0.25, -0.2) is 13.1 Å². The average Bonchev–Trinajstić information content (AvgIpc) is 2.62. The molecule has 0 aliphatic heterocycles. The largest absolute Gasteiger partial charge is 0.242 e. The van der Waals surface area contributed by atoms with Crippen LogP contribution in [0, 0.1) is 12.8 Å². The Balaban J connectivity index is 2.20. The molecule has 18 heavy (non-hydrogen) atoms. The molecular weight excluding hydrogens is 270 g/mol. The first-order chi connectivity index (χ1) is 8.38. The van der Waals surface area contributed by atoms with E-state index in [0.717, 1.165) is 24.8 Å². The highest BCUT2D eigenvalue weighted by Gasteiger charge is 2.27. The molecule has 2 rings (SSSR count). The van der Waals surface area contributed by atoms with Crippen LogP contribution in [-0.2, 0) is 10.0 Å². The fraction of sp³-hybridized carbons (Fsp3) is 0.538. The minimum absolute atomic E-state index is 0.0439. The highest BCUT2D eigenvalue weighted by molar-refractivity contribution is 7.89. The SMILES string of the molecule is Cc1ccc(S(=O)(=O)NC2CCC(C)C2)c(Cl)c1. The van der Waals surface area contributed by atoms with E-state index in [1.54, 1.807) is 18.2 Å². The molecule has 0 aromatic heterocycles. The van der Waals surface area contributed by atoms with Crippen molar-refractivity contribution in [3.63, 3.8) is 0 Å². The molecule has 1 N–H and O–H groups in total. The minimum Gasteiger partial charge on any atom is -0.208 e. The predicted molar refractivity (Wildman–Crippen MR) is 73.3 cm³/mol. The number of benzene rings is 1. The van der Waals surface area contributed by atoms with Crippen LogP contribution >= 0.6 is 11.6 Å². The summed E-state index contributed by atoms with van der Waals surface area (Å²) >= 11 is 6.01. The monoisotopic (exact) mass is 287 g/mol. The molecule has 0 saturated heterocycles. The van der Waals surface area contributed by atoms with Gasteiger partial charge in [0.2, 0.25) is 10.0 Å². The van der Waals surface area contributed by atoms with Crippen LogP contribution in [0.4, 0.5) is 0 Å². The third-order valence-corrected chi connectivity index (χ3v) is 5.40. The Labute approximate surface area is 114 Å². The van der Waals surface area contributed by atoms with Crippen LogP contribution in [0.25, 0.3) is 0 Å². The maximum absolute atomic E-state index is 12.2. The van der Waals surface area contributed by atoms with Crippen molar-refractivity contribution in [2.24, 2.45) is 5.92 Å². The molecule has 1 aliphatic rings. The number of nitrogens with one attached hydrogen (secondary N) is 1. The molecule has 3 nitrogen and oxygen atoms in total. The lowest BCUT2D eigenvalue weighted by molar-refractivity contribution is 0.538. The molecule has 0 radical (unpaired) electrons. The van der Waals surface area contributed by atoms with Crippen molar-refractivity contribution in [3.05, 3.63) is 28.8 Å². The topological polar surface area (TPSA) is 46.2 Å². The van der Waals surface area contributed by atoms with Crippen molar-refractivity contribution in [1.29, 1.82) is 0 Å². The van der Waals surface area contributed by atoms with Crippen molar-refractivity contribution in [3.8, 4) is 0 Å². The van der Waals surface area contributed by atoms with Gasteiger partial charge in [0.05, 0.1) is 5.02 Å². The maximum atomic E-state index is 12.2. The molecule has 2 unspecified atom stereocenters. The van der Waals surface area contributed by atoms with E-state index < -0.39 is 10.0 Å². The average molecular weight is 288 g/mol. The molecule has 1 saturated carbocycles. The zero-order chi connectivity index (χ0) is 13.3. The summed E-state index contributed by atoms with van der Waals surface area (Å²) in [6.45, 7) is 4.03. The van der Waals surface area contributed by atoms with E-state index >= 15 is 0 Å². The van der Waals surface area contributed by atoms with Crippen LogP contribution in [0.3, 0.4) is 0 Å². The van der Waals surface area contributed by atoms with E-state index in [1.165, 1.54) is 0 Å². The summed E-state index contributed by atoms with van der Waals surface area (Å²) in [6.07, 6.45) is 2.89. The van der Waals surface area contributed by atoms with Gasteiger partial charge < -0.3 is 0 Å². The number of hydrogen-bond acceptors (Lipinski definition) is 2. The third-order valence-electron chi connectivity index (χ3n) is 3.39. The van der Waals surface area contributed by atoms with Crippen LogP contribution in [-0.4, -0.2) is 14.5 Å². The van der Waals surface area contributed by atoms with Gasteiger partial charge in [-0.2, -0.15) is 0 Å². The van der Waals surface area contributed by atoms with Gasteiger partial charge in [0, 0.05) is 6.04 Å². The maximum Gasteiger partial charge on any atom is 0.242 e. The number of hydrogen-bond donors (Lipinski definition) is 1. The summed E-state index contributed by atoms with van der Waals surface area (Å²) in [5, 5.41) is 0.286. The molecule has 0 bridgehead atoms. The third kappa shape index (κ3) is 3.05. The molecular formula is C13H18ClNO2S. The quantitative estimate of drug-likeness (QED) is 0.928. The summed E-state index contributed by atoms with van der Waals surface area (Å²) in [4.78, 5) is 0.175. The molecule has 1 aliphatic carbocycles. The number of aryl methyl sites for hydroxylation is 1. The first-order valence-corrected chi connectivity index (χ1v) is 8.03. The second-order valence-corrected chi connectivity index (χ2v) is 7.26. The van der Waals surface area contributed by atoms with Crippen LogP contribution in [0.5, 0.6) is 0 Å². The van der Waals surface area contributed by atoms with E-state index in [1.807, 2.05) is 6.92 Å². The Morgan fingerprint density at radius 3 is 2.61 bits per heavy atom. The normalized spacial score (nSPS) is 24.4. The van der Waals surface area contributed by atoms with E-state index in [4.69, 9.17) is 11.6 Å². The number of halogens is 1. The lowest BCUT2D eigenvalue weighted by Gasteiger charge is -2.14. The van der Waals surface area contributed by atoms with Gasteiger partial charge in [0.1, 0.15) is 4.90 Å². The van der Waals surface area contributed by atoms with Crippen molar-refractivity contribution in [1.82, 2.24) is 4.72 Å². The molecule has 0 spiro atoms. The van der Waals surface area contributed by atoms with Crippen molar-refractivity contribution < 1.29 is 8.42 Å². The van der Waals surface area contributed by atoms with Gasteiger partial charge in [-0.05, 0) is 49.8 Å². The van der Waals surface area contributed by atoms with Crippen molar-refractivity contribution in [2.75, 3.05) is 0 Å². The Kier molecular flexibility index (Phi) is 3.99. The molecule has 0 heterocycles. The van der Waals surface area contributed by atoms with Crippen LogP contribution in [0.1, 0.15) is 31.7 Å². The first-order valence-electron chi connectivity index (χ1n) is 6.17. The van der Waals surface area contributed by atoms with Crippen molar-refractivity contribution >= 4 is 21.6 Å². The van der Waals surface area contributed by atoms with Gasteiger partial charge in [0.25, 0.3) is 0 Å². The molecule has 0 amide bonds. The molecule has 1 aromatic carbocycles. The number of rotatable bonds is 3. The Morgan fingerprint density at radius 1 is 1.33 bits per heavy atom. The van der Waals surface area contributed by atoms with Gasteiger partial charge in [0.15, 0.2) is 0 Å². The second kappa shape index (κ2) is 5.19. The van der Waals surface area contributed by atoms with Crippen LogP contribution < -0.4 is 4.72 Å². The standard InChI is InChI=1S/C13H18ClNO2S/c1-9-3-5-11(7-9)15-18(16,17)13-6-4-10(2)8-12(13)14/h4,6,8-9,11,15H,3,5,7H2,1-2H3. The first kappa shape index (κ1) is 13.8. The molecule has 5 heteroatoms. The lowest BCUT2D eigenvalue weighted by atomic mass is 10.1. The highest BCUT2D eigenvalue weighted by atomic mass is 35.5. The highest BCUT2D eigenvalue weighted by Crippen LogP contribution is 2.28. The van der Waals surface area contributed by atoms with Crippen LogP contribution in [0.15, 0.2) is 23.1 Å². The fourth-order valence-corrected chi connectivity index (χ4v) is 4.30. The summed E-state index contributed by atoms with van der Waals surface area (Å²) in [6, 6.07) is 5.05. The van der Waals surface area contributed by atoms with Gasteiger partial charge in [-0.1, -0.05) is 24.6 Å². The Hall–Kier alpha value is -0.580. The Bertz CT molecular complexity index is 542. The van der Waals surface area contributed by atoms with E-state index in [-0.39, 0.29) is 16.0 Å². The second-order valence-electron chi connectivity index (χ2n) is 5.17. The van der Waals surface area contributed by atoms with E-state index in [9.17, 15) is 8.42 Å².